The summed E-state index contributed by atoms with van der Waals surface area (Å²) in [7, 11) is 0. The first-order chi connectivity index (χ1) is 5.43. The number of likely N-dealkylation sites (tertiary alicyclic amines) is 1. The van der Waals surface area contributed by atoms with E-state index in [0.717, 1.165) is 6.54 Å². The molecule has 0 spiro atoms. The highest BCUT2D eigenvalue weighted by Crippen LogP contribution is 2.29. The van der Waals surface area contributed by atoms with Gasteiger partial charge in [0, 0.05) is 24.5 Å². The zero-order valence-electron chi connectivity index (χ0n) is 8.55. The summed E-state index contributed by atoms with van der Waals surface area (Å²) < 4.78 is 0. The van der Waals surface area contributed by atoms with Gasteiger partial charge in [-0.05, 0) is 34.1 Å². The van der Waals surface area contributed by atoms with Gasteiger partial charge in [-0.3, -0.25) is 9.69 Å². The fourth-order valence-corrected chi connectivity index (χ4v) is 2.13. The summed E-state index contributed by atoms with van der Waals surface area (Å²) in [5, 5.41) is 0. The minimum atomic E-state index is 0.0729. The van der Waals surface area contributed by atoms with Crippen molar-refractivity contribution in [1.82, 2.24) is 4.90 Å². The first-order valence-electron chi connectivity index (χ1n) is 4.69. The van der Waals surface area contributed by atoms with Crippen LogP contribution in [0.3, 0.4) is 0 Å². The molecule has 1 unspecified atom stereocenters. The normalized spacial score (nSPS) is 25.2. The Bertz CT molecular complexity index is 186. The Hall–Kier alpha value is -0.370. The van der Waals surface area contributed by atoms with E-state index in [1.165, 1.54) is 6.42 Å². The average Bonchev–Trinajstić information content (AvgIpc) is 1.79. The molecule has 0 aromatic rings. The molecule has 12 heavy (non-hydrogen) atoms. The van der Waals surface area contributed by atoms with E-state index < -0.39 is 0 Å². The summed E-state index contributed by atoms with van der Waals surface area (Å²) in [4.78, 5) is 13.4. The largest absolute Gasteiger partial charge is 0.300 e. The fourth-order valence-electron chi connectivity index (χ4n) is 2.13. The molecule has 2 heteroatoms. The van der Waals surface area contributed by atoms with Crippen LogP contribution in [0.1, 0.15) is 40.5 Å². The maximum atomic E-state index is 11.0. The molecular weight excluding hydrogens is 150 g/mol. The zero-order valence-corrected chi connectivity index (χ0v) is 8.55. The van der Waals surface area contributed by atoms with E-state index in [4.69, 9.17) is 0 Å². The van der Waals surface area contributed by atoms with Crippen LogP contribution in [0.25, 0.3) is 0 Å². The van der Waals surface area contributed by atoms with Crippen LogP contribution in [0.15, 0.2) is 0 Å². The lowest BCUT2D eigenvalue weighted by Gasteiger charge is -2.49. The number of nitrogens with zero attached hydrogens (tertiary/aromatic N) is 1. The van der Waals surface area contributed by atoms with Gasteiger partial charge in [0.05, 0.1) is 0 Å². The molecule has 1 aliphatic rings. The molecule has 1 heterocycles. The summed E-state index contributed by atoms with van der Waals surface area (Å²) >= 11 is 0. The van der Waals surface area contributed by atoms with Gasteiger partial charge in [-0.15, -0.1) is 0 Å². The van der Waals surface area contributed by atoms with E-state index in [-0.39, 0.29) is 5.54 Å². The second-order valence-electron chi connectivity index (χ2n) is 4.52. The molecular formula is C10H19NO. The number of ketones is 1. The van der Waals surface area contributed by atoms with Crippen molar-refractivity contribution in [3.8, 4) is 0 Å². The molecule has 1 saturated heterocycles. The van der Waals surface area contributed by atoms with Crippen LogP contribution in [0.2, 0.25) is 0 Å². The van der Waals surface area contributed by atoms with Crippen molar-refractivity contribution < 1.29 is 4.79 Å². The topological polar surface area (TPSA) is 20.3 Å². The van der Waals surface area contributed by atoms with Crippen molar-refractivity contribution in [2.75, 3.05) is 6.54 Å². The molecule has 0 N–H and O–H groups in total. The minimum absolute atomic E-state index is 0.0729. The molecule has 0 aliphatic carbocycles. The molecule has 2 nitrogen and oxygen atoms in total. The smallest absolute Gasteiger partial charge is 0.131 e. The Morgan fingerprint density at radius 2 is 2.17 bits per heavy atom. The molecule has 70 valence electrons. The summed E-state index contributed by atoms with van der Waals surface area (Å²) in [6, 6.07) is 0.666. The van der Waals surface area contributed by atoms with Crippen molar-refractivity contribution in [2.24, 2.45) is 0 Å². The lowest BCUT2D eigenvalue weighted by molar-refractivity contribution is -0.121. The maximum absolute atomic E-state index is 11.0. The minimum Gasteiger partial charge on any atom is -0.300 e. The van der Waals surface area contributed by atoms with Gasteiger partial charge in [0.15, 0.2) is 0 Å². The Morgan fingerprint density at radius 1 is 1.58 bits per heavy atom. The molecule has 1 aliphatic heterocycles. The monoisotopic (exact) mass is 169 g/mol. The van der Waals surface area contributed by atoms with E-state index in [1.807, 2.05) is 0 Å². The number of hydrogen-bond donors (Lipinski definition) is 0. The Balaban J connectivity index is 2.52. The van der Waals surface area contributed by atoms with Crippen molar-refractivity contribution in [1.29, 1.82) is 0 Å². The van der Waals surface area contributed by atoms with E-state index >= 15 is 0 Å². The standard InChI is InChI=1S/C10H19NO/c1-8-5-6-11(8)10(3,4)7-9(2)12/h8H,5-7H2,1-4H3. The van der Waals surface area contributed by atoms with Crippen LogP contribution >= 0.6 is 0 Å². The van der Waals surface area contributed by atoms with Gasteiger partial charge < -0.3 is 0 Å². The highest BCUT2D eigenvalue weighted by atomic mass is 16.1. The van der Waals surface area contributed by atoms with E-state index in [0.29, 0.717) is 18.2 Å². The molecule has 1 fully saturated rings. The Labute approximate surface area is 74.9 Å². The zero-order chi connectivity index (χ0) is 9.35. The van der Waals surface area contributed by atoms with Gasteiger partial charge in [-0.25, -0.2) is 0 Å². The number of Topliss-reactive ketones (excluding diaryl/α,β-unsaturated/α-hetero) is 1. The summed E-state index contributed by atoms with van der Waals surface area (Å²) in [6.07, 6.45) is 1.96. The molecule has 0 aromatic heterocycles. The lowest BCUT2D eigenvalue weighted by atomic mass is 9.89. The van der Waals surface area contributed by atoms with Gasteiger partial charge in [0.1, 0.15) is 5.78 Å². The van der Waals surface area contributed by atoms with Crippen LogP contribution in [-0.4, -0.2) is 28.8 Å². The fraction of sp³-hybridized carbons (Fsp3) is 0.900. The summed E-state index contributed by atoms with van der Waals surface area (Å²) in [5.74, 6) is 0.291. The van der Waals surface area contributed by atoms with Gasteiger partial charge in [0.25, 0.3) is 0 Å². The van der Waals surface area contributed by atoms with Crippen LogP contribution < -0.4 is 0 Å². The highest BCUT2D eigenvalue weighted by Gasteiger charge is 2.36. The third-order valence-electron chi connectivity index (χ3n) is 2.78. The third-order valence-corrected chi connectivity index (χ3v) is 2.78. The van der Waals surface area contributed by atoms with E-state index in [2.05, 4.69) is 25.7 Å². The summed E-state index contributed by atoms with van der Waals surface area (Å²) in [6.45, 7) is 9.37. The van der Waals surface area contributed by atoms with Gasteiger partial charge >= 0.3 is 0 Å². The maximum Gasteiger partial charge on any atom is 0.131 e. The van der Waals surface area contributed by atoms with Crippen molar-refractivity contribution >= 4 is 5.78 Å². The molecule has 0 saturated carbocycles. The van der Waals surface area contributed by atoms with Gasteiger partial charge in [-0.2, -0.15) is 0 Å². The number of carbonyl (C=O) groups excluding carboxylic acids is 1. The predicted molar refractivity (Wildman–Crippen MR) is 50.2 cm³/mol. The Kier molecular flexibility index (Phi) is 2.57. The van der Waals surface area contributed by atoms with E-state index in [1.54, 1.807) is 6.92 Å². The molecule has 0 aromatic carbocycles. The number of carbonyl (C=O) groups is 1. The average molecular weight is 169 g/mol. The summed E-state index contributed by atoms with van der Waals surface area (Å²) in [5.41, 5.74) is 0.0729. The van der Waals surface area contributed by atoms with Crippen LogP contribution in [-0.2, 0) is 4.79 Å². The van der Waals surface area contributed by atoms with Crippen molar-refractivity contribution in [3.63, 3.8) is 0 Å². The third kappa shape index (κ3) is 1.86. The highest BCUT2D eigenvalue weighted by molar-refractivity contribution is 5.76. The first kappa shape index (κ1) is 9.72. The molecule has 1 atom stereocenters. The number of rotatable bonds is 3. The van der Waals surface area contributed by atoms with Crippen LogP contribution in [0, 0.1) is 0 Å². The second-order valence-corrected chi connectivity index (χ2v) is 4.52. The van der Waals surface area contributed by atoms with Crippen LogP contribution in [0.4, 0.5) is 0 Å². The SMILES string of the molecule is CC(=O)CC(C)(C)N1CCC1C. The van der Waals surface area contributed by atoms with Gasteiger partial charge in [0.2, 0.25) is 0 Å². The Morgan fingerprint density at radius 3 is 2.42 bits per heavy atom. The van der Waals surface area contributed by atoms with Crippen molar-refractivity contribution in [2.45, 2.75) is 52.1 Å². The van der Waals surface area contributed by atoms with Crippen molar-refractivity contribution in [3.05, 3.63) is 0 Å². The molecule has 1 rings (SSSR count). The first-order valence-corrected chi connectivity index (χ1v) is 4.69. The second kappa shape index (κ2) is 3.17. The molecule has 0 bridgehead atoms. The quantitative estimate of drug-likeness (QED) is 0.642. The molecule has 0 radical (unpaired) electrons. The van der Waals surface area contributed by atoms with Gasteiger partial charge in [-0.1, -0.05) is 0 Å². The molecule has 0 amide bonds. The lowest BCUT2D eigenvalue weighted by Crippen LogP contribution is -2.57. The van der Waals surface area contributed by atoms with E-state index in [9.17, 15) is 4.79 Å². The van der Waals surface area contributed by atoms with Crippen LogP contribution in [0.5, 0.6) is 0 Å². The predicted octanol–water partition coefficient (Wildman–Crippen LogP) is 1.84. The number of hydrogen-bond acceptors (Lipinski definition) is 2.